The minimum atomic E-state index is -0.590. The molecule has 5 nitrogen and oxygen atoms in total. The van der Waals surface area contributed by atoms with Crippen LogP contribution in [0.15, 0.2) is 72.8 Å². The lowest BCUT2D eigenvalue weighted by Crippen LogP contribution is -2.47. The molecule has 0 aliphatic carbocycles. The maximum atomic E-state index is 13.0. The molecule has 0 spiro atoms. The van der Waals surface area contributed by atoms with Crippen LogP contribution in [0.3, 0.4) is 0 Å². The maximum Gasteiger partial charge on any atom is 0.330 e. The van der Waals surface area contributed by atoms with E-state index in [-0.39, 0.29) is 18.4 Å². The number of carbonyl (C=O) groups excluding carboxylic acids is 3. The zero-order valence-corrected chi connectivity index (χ0v) is 15.9. The molecule has 1 atom stereocenters. The minimum absolute atomic E-state index is 0.0758. The van der Waals surface area contributed by atoms with Crippen LogP contribution < -0.4 is 0 Å². The number of hydrogen-bond acceptors (Lipinski definition) is 4. The van der Waals surface area contributed by atoms with E-state index < -0.39 is 12.0 Å². The van der Waals surface area contributed by atoms with Crippen molar-refractivity contribution in [1.82, 2.24) is 4.90 Å². The third-order valence-electron chi connectivity index (χ3n) is 4.92. The second-order valence-electron chi connectivity index (χ2n) is 6.91. The van der Waals surface area contributed by atoms with E-state index in [4.69, 9.17) is 4.74 Å². The number of carbonyl (C=O) groups is 3. The summed E-state index contributed by atoms with van der Waals surface area (Å²) < 4.78 is 5.26. The number of benzene rings is 3. The summed E-state index contributed by atoms with van der Waals surface area (Å²) in [6.45, 7) is 1.62. The lowest BCUT2D eigenvalue weighted by Gasteiger charge is -2.31. The maximum absolute atomic E-state index is 13.0. The minimum Gasteiger partial charge on any atom is -0.460 e. The van der Waals surface area contributed by atoms with Crippen LogP contribution in [-0.4, -0.2) is 35.3 Å². The van der Waals surface area contributed by atoms with Crippen molar-refractivity contribution in [3.8, 4) is 0 Å². The van der Waals surface area contributed by atoms with Crippen molar-refractivity contribution >= 4 is 34.6 Å². The van der Waals surface area contributed by atoms with Gasteiger partial charge in [0.2, 0.25) is 0 Å². The molecular weight excluding hydrogens is 366 g/mol. The van der Waals surface area contributed by atoms with E-state index in [0.717, 1.165) is 10.9 Å². The first-order valence-corrected chi connectivity index (χ1v) is 9.36. The van der Waals surface area contributed by atoms with Gasteiger partial charge in [0, 0.05) is 22.6 Å². The van der Waals surface area contributed by atoms with E-state index in [9.17, 15) is 14.4 Å². The van der Waals surface area contributed by atoms with Gasteiger partial charge in [-0.2, -0.15) is 0 Å². The van der Waals surface area contributed by atoms with E-state index >= 15 is 0 Å². The van der Waals surface area contributed by atoms with E-state index in [1.165, 1.54) is 11.0 Å². The molecule has 144 valence electrons. The van der Waals surface area contributed by atoms with Crippen molar-refractivity contribution in [2.45, 2.75) is 13.0 Å². The van der Waals surface area contributed by atoms with Crippen LogP contribution in [0.1, 0.15) is 33.2 Å². The fourth-order valence-electron chi connectivity index (χ4n) is 3.50. The molecule has 1 aliphatic rings. The number of ether oxygens (including phenoxy) is 1. The lowest BCUT2D eigenvalue weighted by atomic mass is 9.93. The number of imide groups is 1. The summed E-state index contributed by atoms with van der Waals surface area (Å²) in [5.74, 6) is -1.27. The SMILES string of the molecule is C[C@H](COC(=O)/C=C/c1ccccc1)N1C(=O)c2cccc3cccc(c23)C1=O. The number of amides is 2. The molecule has 4 rings (SSSR count). The van der Waals surface area contributed by atoms with Crippen molar-refractivity contribution in [3.63, 3.8) is 0 Å². The van der Waals surface area contributed by atoms with Crippen LogP contribution in [0.4, 0.5) is 0 Å². The van der Waals surface area contributed by atoms with E-state index in [2.05, 4.69) is 0 Å². The Morgan fingerprint density at radius 1 is 0.931 bits per heavy atom. The molecule has 2 amide bonds. The molecule has 0 fully saturated rings. The van der Waals surface area contributed by atoms with Gasteiger partial charge in [-0.3, -0.25) is 14.5 Å². The Labute approximate surface area is 168 Å². The monoisotopic (exact) mass is 385 g/mol. The van der Waals surface area contributed by atoms with Crippen LogP contribution >= 0.6 is 0 Å². The van der Waals surface area contributed by atoms with Gasteiger partial charge in [0.25, 0.3) is 11.8 Å². The fourth-order valence-corrected chi connectivity index (χ4v) is 3.50. The van der Waals surface area contributed by atoms with Gasteiger partial charge in [0.15, 0.2) is 0 Å². The first-order valence-electron chi connectivity index (χ1n) is 9.36. The number of hydrogen-bond donors (Lipinski definition) is 0. The van der Waals surface area contributed by atoms with Crippen molar-refractivity contribution in [2.24, 2.45) is 0 Å². The van der Waals surface area contributed by atoms with E-state index in [1.807, 2.05) is 42.5 Å². The van der Waals surface area contributed by atoms with Crippen molar-refractivity contribution < 1.29 is 19.1 Å². The van der Waals surface area contributed by atoms with Crippen LogP contribution in [0.25, 0.3) is 16.8 Å². The number of esters is 1. The highest BCUT2D eigenvalue weighted by Gasteiger charge is 2.36. The summed E-state index contributed by atoms with van der Waals surface area (Å²) >= 11 is 0. The molecule has 0 unspecified atom stereocenters. The summed E-state index contributed by atoms with van der Waals surface area (Å²) in [5.41, 5.74) is 1.85. The summed E-state index contributed by atoms with van der Waals surface area (Å²) in [7, 11) is 0. The Bertz CT molecular complexity index is 1080. The Hall–Kier alpha value is -3.73. The van der Waals surface area contributed by atoms with Gasteiger partial charge in [-0.1, -0.05) is 54.6 Å². The largest absolute Gasteiger partial charge is 0.460 e. The zero-order valence-electron chi connectivity index (χ0n) is 15.9. The molecule has 0 saturated carbocycles. The van der Waals surface area contributed by atoms with Crippen molar-refractivity contribution in [1.29, 1.82) is 0 Å². The molecule has 0 aromatic heterocycles. The third kappa shape index (κ3) is 3.55. The van der Waals surface area contributed by atoms with Gasteiger partial charge in [-0.15, -0.1) is 0 Å². The highest BCUT2D eigenvalue weighted by Crippen LogP contribution is 2.30. The van der Waals surface area contributed by atoms with Crippen molar-refractivity contribution in [2.75, 3.05) is 6.61 Å². The van der Waals surface area contributed by atoms with Gasteiger partial charge >= 0.3 is 5.97 Å². The highest BCUT2D eigenvalue weighted by molar-refractivity contribution is 6.25. The second kappa shape index (κ2) is 7.72. The first-order chi connectivity index (χ1) is 14.1. The second-order valence-corrected chi connectivity index (χ2v) is 6.91. The van der Waals surface area contributed by atoms with Gasteiger partial charge in [0.1, 0.15) is 6.61 Å². The first kappa shape index (κ1) is 18.6. The molecule has 0 N–H and O–H groups in total. The van der Waals surface area contributed by atoms with Gasteiger partial charge in [-0.05, 0) is 36.1 Å². The normalized spacial score (nSPS) is 14.4. The van der Waals surface area contributed by atoms with Crippen LogP contribution in [0.2, 0.25) is 0 Å². The number of rotatable bonds is 5. The topological polar surface area (TPSA) is 63.7 Å². The van der Waals surface area contributed by atoms with Gasteiger partial charge < -0.3 is 4.74 Å². The fraction of sp³-hybridized carbons (Fsp3) is 0.125. The third-order valence-corrected chi connectivity index (χ3v) is 4.92. The summed E-state index contributed by atoms with van der Waals surface area (Å²) in [6.07, 6.45) is 2.99. The average molecular weight is 385 g/mol. The molecule has 0 saturated heterocycles. The van der Waals surface area contributed by atoms with Gasteiger partial charge in [-0.25, -0.2) is 4.79 Å². The Kier molecular flexibility index (Phi) is 4.96. The summed E-state index contributed by atoms with van der Waals surface area (Å²) in [4.78, 5) is 39.1. The Morgan fingerprint density at radius 2 is 1.55 bits per heavy atom. The van der Waals surface area contributed by atoms with Gasteiger partial charge in [0.05, 0.1) is 6.04 Å². The molecule has 0 radical (unpaired) electrons. The Morgan fingerprint density at radius 3 is 2.17 bits per heavy atom. The average Bonchev–Trinajstić information content (AvgIpc) is 2.75. The molecule has 0 bridgehead atoms. The van der Waals surface area contributed by atoms with Crippen molar-refractivity contribution in [3.05, 3.63) is 89.5 Å². The van der Waals surface area contributed by atoms with Crippen LogP contribution in [-0.2, 0) is 9.53 Å². The van der Waals surface area contributed by atoms with E-state index in [0.29, 0.717) is 16.5 Å². The quantitative estimate of drug-likeness (QED) is 0.377. The molecule has 1 heterocycles. The molecule has 5 heteroatoms. The molecule has 3 aromatic rings. The number of nitrogens with zero attached hydrogens (tertiary/aromatic N) is 1. The summed E-state index contributed by atoms with van der Waals surface area (Å²) in [6, 6.07) is 19.6. The smallest absolute Gasteiger partial charge is 0.330 e. The van der Waals surface area contributed by atoms with Crippen LogP contribution in [0, 0.1) is 0 Å². The molecular formula is C24H19NO4. The standard InChI is InChI=1S/C24H19NO4/c1-16(15-29-21(26)14-13-17-7-3-2-4-8-17)25-23(27)19-11-5-9-18-10-6-12-20(22(18)19)24(25)28/h2-14,16H,15H2,1H3/b14-13+/t16-/m1/s1. The van der Waals surface area contributed by atoms with E-state index in [1.54, 1.807) is 37.3 Å². The predicted octanol–water partition coefficient (Wildman–Crippen LogP) is 4.08. The molecule has 29 heavy (non-hydrogen) atoms. The Balaban J connectivity index is 1.49. The molecule has 1 aliphatic heterocycles. The lowest BCUT2D eigenvalue weighted by molar-refractivity contribution is -0.138. The predicted molar refractivity (Wildman–Crippen MR) is 110 cm³/mol. The summed E-state index contributed by atoms with van der Waals surface area (Å²) in [5, 5.41) is 1.53. The molecule has 3 aromatic carbocycles. The van der Waals surface area contributed by atoms with Crippen LogP contribution in [0.5, 0.6) is 0 Å². The highest BCUT2D eigenvalue weighted by atomic mass is 16.5. The zero-order chi connectivity index (χ0) is 20.4.